The predicted octanol–water partition coefficient (Wildman–Crippen LogP) is 11.5. The Balaban J connectivity index is 4.33. The van der Waals surface area contributed by atoms with Crippen LogP contribution in [0.5, 0.6) is 0 Å². The van der Waals surface area contributed by atoms with Gasteiger partial charge in [-0.25, -0.2) is 0 Å². The summed E-state index contributed by atoms with van der Waals surface area (Å²) in [5.74, 6) is -0.893. The van der Waals surface area contributed by atoms with Crippen LogP contribution in [0, 0.1) is 0 Å². The maximum absolute atomic E-state index is 12.5. The van der Waals surface area contributed by atoms with E-state index < -0.39 is 6.10 Å². The Morgan fingerprint density at radius 3 is 1.16 bits per heavy atom. The third-order valence-corrected chi connectivity index (χ3v) is 8.27. The lowest BCUT2D eigenvalue weighted by Crippen LogP contribution is -2.30. The quantitative estimate of drug-likeness (QED) is 0.0303. The van der Waals surface area contributed by atoms with Crippen molar-refractivity contribution < 1.29 is 28.6 Å². The standard InChI is InChI=1S/C39H72O6/c1-4-7-10-13-16-18-19-20-21-24-26-29-32-38(41)44-35-36(34-43-37(40)31-28-25-22-15-12-9-6-3)45-39(42)33-30-27-23-17-14-11-8-5-2/h16,18,36H,4-15,17,19-35H2,1-3H3/b18-16-. The largest absolute Gasteiger partial charge is 0.462 e. The fourth-order valence-corrected chi connectivity index (χ4v) is 5.32. The maximum atomic E-state index is 12.5. The van der Waals surface area contributed by atoms with Gasteiger partial charge in [0.2, 0.25) is 0 Å². The van der Waals surface area contributed by atoms with E-state index in [9.17, 15) is 14.4 Å². The minimum atomic E-state index is -0.761. The molecule has 0 bridgehead atoms. The zero-order chi connectivity index (χ0) is 33.1. The van der Waals surface area contributed by atoms with Crippen molar-refractivity contribution in [3.63, 3.8) is 0 Å². The summed E-state index contributed by atoms with van der Waals surface area (Å²) in [4.78, 5) is 37.2. The Hall–Kier alpha value is -1.85. The average molecular weight is 637 g/mol. The summed E-state index contributed by atoms with van der Waals surface area (Å²) in [7, 11) is 0. The molecule has 45 heavy (non-hydrogen) atoms. The van der Waals surface area contributed by atoms with E-state index in [0.717, 1.165) is 64.2 Å². The second kappa shape index (κ2) is 35.0. The van der Waals surface area contributed by atoms with Gasteiger partial charge in [-0.1, -0.05) is 148 Å². The highest BCUT2D eigenvalue weighted by Crippen LogP contribution is 2.13. The minimum Gasteiger partial charge on any atom is -0.462 e. The molecule has 6 nitrogen and oxygen atoms in total. The Bertz CT molecular complexity index is 704. The molecule has 6 heteroatoms. The molecule has 0 amide bonds. The molecule has 264 valence electrons. The molecule has 1 unspecified atom stereocenters. The van der Waals surface area contributed by atoms with E-state index in [4.69, 9.17) is 14.2 Å². The van der Waals surface area contributed by atoms with Crippen molar-refractivity contribution in [3.05, 3.63) is 12.2 Å². The lowest BCUT2D eigenvalue weighted by atomic mass is 10.1. The number of carbonyl (C=O) groups is 3. The van der Waals surface area contributed by atoms with Gasteiger partial charge in [0.25, 0.3) is 0 Å². The monoisotopic (exact) mass is 637 g/mol. The summed E-state index contributed by atoms with van der Waals surface area (Å²) in [5, 5.41) is 0. The molecular weight excluding hydrogens is 564 g/mol. The van der Waals surface area contributed by atoms with E-state index in [0.29, 0.717) is 19.3 Å². The van der Waals surface area contributed by atoms with Crippen LogP contribution in [-0.4, -0.2) is 37.2 Å². The van der Waals surface area contributed by atoms with E-state index in [1.807, 2.05) is 0 Å². The van der Waals surface area contributed by atoms with Gasteiger partial charge < -0.3 is 14.2 Å². The van der Waals surface area contributed by atoms with E-state index in [1.165, 1.54) is 96.3 Å². The van der Waals surface area contributed by atoms with Crippen LogP contribution < -0.4 is 0 Å². The smallest absolute Gasteiger partial charge is 0.306 e. The molecule has 0 aromatic rings. The van der Waals surface area contributed by atoms with Gasteiger partial charge in [0.1, 0.15) is 13.2 Å². The van der Waals surface area contributed by atoms with E-state index >= 15 is 0 Å². The van der Waals surface area contributed by atoms with Crippen molar-refractivity contribution in [3.8, 4) is 0 Å². The van der Waals surface area contributed by atoms with Crippen molar-refractivity contribution in [2.75, 3.05) is 13.2 Å². The molecule has 0 radical (unpaired) electrons. The van der Waals surface area contributed by atoms with Crippen molar-refractivity contribution in [2.45, 2.75) is 207 Å². The van der Waals surface area contributed by atoms with Gasteiger partial charge in [0.05, 0.1) is 0 Å². The van der Waals surface area contributed by atoms with Crippen LogP contribution in [0.15, 0.2) is 12.2 Å². The molecule has 0 saturated heterocycles. The third kappa shape index (κ3) is 33.3. The van der Waals surface area contributed by atoms with Crippen LogP contribution in [-0.2, 0) is 28.6 Å². The number of hydrogen-bond donors (Lipinski definition) is 0. The number of allylic oxidation sites excluding steroid dienone is 2. The molecule has 0 spiro atoms. The van der Waals surface area contributed by atoms with E-state index in [1.54, 1.807) is 0 Å². The maximum Gasteiger partial charge on any atom is 0.306 e. The van der Waals surface area contributed by atoms with Gasteiger partial charge in [-0.15, -0.1) is 0 Å². The van der Waals surface area contributed by atoms with Crippen LogP contribution >= 0.6 is 0 Å². The molecule has 1 atom stereocenters. The molecular formula is C39H72O6. The summed E-state index contributed by atoms with van der Waals surface area (Å²) in [6.45, 7) is 6.51. The zero-order valence-electron chi connectivity index (χ0n) is 29.9. The Morgan fingerprint density at radius 1 is 0.422 bits per heavy atom. The van der Waals surface area contributed by atoms with Crippen LogP contribution in [0.25, 0.3) is 0 Å². The fourth-order valence-electron chi connectivity index (χ4n) is 5.32. The molecule has 0 aliphatic carbocycles. The average Bonchev–Trinajstić information content (AvgIpc) is 3.03. The van der Waals surface area contributed by atoms with E-state index in [2.05, 4.69) is 32.9 Å². The van der Waals surface area contributed by atoms with Gasteiger partial charge in [-0.2, -0.15) is 0 Å². The molecule has 0 rings (SSSR count). The highest BCUT2D eigenvalue weighted by molar-refractivity contribution is 5.71. The van der Waals surface area contributed by atoms with Crippen molar-refractivity contribution in [1.82, 2.24) is 0 Å². The molecule has 0 fully saturated rings. The second-order valence-electron chi connectivity index (χ2n) is 12.8. The molecule has 0 heterocycles. The fraction of sp³-hybridized carbons (Fsp3) is 0.872. The topological polar surface area (TPSA) is 78.9 Å². The number of esters is 3. The van der Waals surface area contributed by atoms with Gasteiger partial charge in [-0.05, 0) is 44.9 Å². The predicted molar refractivity (Wildman–Crippen MR) is 187 cm³/mol. The highest BCUT2D eigenvalue weighted by Gasteiger charge is 2.19. The van der Waals surface area contributed by atoms with Crippen molar-refractivity contribution >= 4 is 17.9 Å². The van der Waals surface area contributed by atoms with Crippen LogP contribution in [0.4, 0.5) is 0 Å². The summed E-state index contributed by atoms with van der Waals surface area (Å²) in [6, 6.07) is 0. The first-order valence-corrected chi connectivity index (χ1v) is 19.2. The van der Waals surface area contributed by atoms with Gasteiger partial charge in [-0.3, -0.25) is 14.4 Å². The zero-order valence-corrected chi connectivity index (χ0v) is 29.9. The third-order valence-electron chi connectivity index (χ3n) is 8.27. The molecule has 0 N–H and O–H groups in total. The van der Waals surface area contributed by atoms with E-state index in [-0.39, 0.29) is 31.1 Å². The lowest BCUT2D eigenvalue weighted by molar-refractivity contribution is -0.167. The second-order valence-corrected chi connectivity index (χ2v) is 12.8. The van der Waals surface area contributed by atoms with Crippen molar-refractivity contribution in [2.24, 2.45) is 0 Å². The molecule has 0 saturated carbocycles. The molecule has 0 aromatic carbocycles. The van der Waals surface area contributed by atoms with Gasteiger partial charge in [0.15, 0.2) is 6.10 Å². The van der Waals surface area contributed by atoms with Crippen LogP contribution in [0.1, 0.15) is 201 Å². The molecule has 0 aliphatic heterocycles. The van der Waals surface area contributed by atoms with Crippen LogP contribution in [0.2, 0.25) is 0 Å². The molecule has 0 aromatic heterocycles. The summed E-state index contributed by atoms with van der Waals surface area (Å²) >= 11 is 0. The van der Waals surface area contributed by atoms with Gasteiger partial charge >= 0.3 is 17.9 Å². The SMILES string of the molecule is CCCCC/C=C\CCCCCCCC(=O)OCC(COC(=O)CCCCCCCCC)OC(=O)CCCCCCCCCC. The number of ether oxygens (including phenoxy) is 3. The van der Waals surface area contributed by atoms with Crippen molar-refractivity contribution in [1.29, 1.82) is 0 Å². The lowest BCUT2D eigenvalue weighted by Gasteiger charge is -2.18. The summed E-state index contributed by atoms with van der Waals surface area (Å²) in [6.07, 6.45) is 33.5. The Labute approximate surface area is 278 Å². The molecule has 0 aliphatic rings. The number of hydrogen-bond acceptors (Lipinski definition) is 6. The number of carbonyl (C=O) groups excluding carboxylic acids is 3. The summed E-state index contributed by atoms with van der Waals surface area (Å²) in [5.41, 5.74) is 0. The highest BCUT2D eigenvalue weighted by atomic mass is 16.6. The minimum absolute atomic E-state index is 0.0706. The number of rotatable bonds is 34. The van der Waals surface area contributed by atoms with Crippen LogP contribution in [0.3, 0.4) is 0 Å². The first-order valence-electron chi connectivity index (χ1n) is 19.2. The number of unbranched alkanes of at least 4 members (excludes halogenated alkanes) is 21. The summed E-state index contributed by atoms with van der Waals surface area (Å²) < 4.78 is 16.5. The first kappa shape index (κ1) is 43.1. The Morgan fingerprint density at radius 2 is 0.733 bits per heavy atom. The van der Waals surface area contributed by atoms with Gasteiger partial charge in [0, 0.05) is 19.3 Å². The normalized spacial score (nSPS) is 12.0. The Kier molecular flexibility index (Phi) is 33.6. The first-order chi connectivity index (χ1) is 22.0.